The van der Waals surface area contributed by atoms with Crippen LogP contribution in [0.3, 0.4) is 0 Å². The number of rotatable bonds is 9. The summed E-state index contributed by atoms with van der Waals surface area (Å²) in [6.45, 7) is 2.76. The molecule has 2 saturated heterocycles. The lowest BCUT2D eigenvalue weighted by Crippen LogP contribution is -2.35. The van der Waals surface area contributed by atoms with Gasteiger partial charge in [-0.25, -0.2) is 4.98 Å². The van der Waals surface area contributed by atoms with Crippen molar-refractivity contribution >= 4 is 41.0 Å². The van der Waals surface area contributed by atoms with Crippen molar-refractivity contribution in [2.24, 2.45) is 5.92 Å². The van der Waals surface area contributed by atoms with Crippen molar-refractivity contribution in [3.8, 4) is 0 Å². The van der Waals surface area contributed by atoms with Crippen molar-refractivity contribution in [2.75, 3.05) is 30.3 Å². The number of imide groups is 1. The molecule has 38 heavy (non-hydrogen) atoms. The summed E-state index contributed by atoms with van der Waals surface area (Å²) in [6.07, 6.45) is 14.3. The van der Waals surface area contributed by atoms with Crippen molar-refractivity contribution in [3.63, 3.8) is 0 Å². The van der Waals surface area contributed by atoms with Crippen molar-refractivity contribution in [1.82, 2.24) is 24.8 Å². The molecule has 2 aliphatic carbocycles. The second kappa shape index (κ2) is 10.8. The van der Waals surface area contributed by atoms with E-state index in [0.29, 0.717) is 53.5 Å². The zero-order valence-electron chi connectivity index (χ0n) is 21.9. The predicted molar refractivity (Wildman–Crippen MR) is 145 cm³/mol. The number of amides is 2. The van der Waals surface area contributed by atoms with E-state index in [1.165, 1.54) is 19.3 Å². The Labute approximate surface area is 222 Å². The van der Waals surface area contributed by atoms with Crippen LogP contribution in [0.5, 0.6) is 0 Å². The predicted octanol–water partition coefficient (Wildman–Crippen LogP) is 3.15. The Morgan fingerprint density at radius 3 is 2.47 bits per heavy atom. The maximum Gasteiger partial charge on any atom is 0.254 e. The SMILES string of the molecule is O=C(CC1CCC(Nc2cc(NC3CC3)n3ncc(/C=C4\CC(=O)NC4=O)c3n2)CC1)CN1CCCCC1. The van der Waals surface area contributed by atoms with Gasteiger partial charge in [0.2, 0.25) is 5.91 Å². The molecule has 2 aromatic heterocycles. The lowest BCUT2D eigenvalue weighted by molar-refractivity contribution is -0.124. The van der Waals surface area contributed by atoms with Crippen LogP contribution in [0.2, 0.25) is 0 Å². The molecule has 2 amide bonds. The Morgan fingerprint density at radius 1 is 1.03 bits per heavy atom. The Bertz CT molecular complexity index is 1250. The summed E-state index contributed by atoms with van der Waals surface area (Å²) in [6, 6.07) is 2.75. The van der Waals surface area contributed by atoms with E-state index in [2.05, 4.69) is 25.9 Å². The third kappa shape index (κ3) is 5.90. The fourth-order valence-corrected chi connectivity index (χ4v) is 5.98. The first-order valence-electron chi connectivity index (χ1n) is 14.2. The van der Waals surface area contributed by atoms with Crippen LogP contribution in [0.4, 0.5) is 11.6 Å². The van der Waals surface area contributed by atoms with Gasteiger partial charge in [0, 0.05) is 35.7 Å². The van der Waals surface area contributed by atoms with Crippen LogP contribution in [-0.2, 0) is 14.4 Å². The van der Waals surface area contributed by atoms with E-state index >= 15 is 0 Å². The van der Waals surface area contributed by atoms with Gasteiger partial charge >= 0.3 is 0 Å². The average Bonchev–Trinajstić information content (AvgIpc) is 3.54. The number of nitrogens with zero attached hydrogens (tertiary/aromatic N) is 4. The number of carbonyl (C=O) groups is 3. The minimum Gasteiger partial charge on any atom is -0.367 e. The van der Waals surface area contributed by atoms with Gasteiger partial charge in [0.05, 0.1) is 19.2 Å². The third-order valence-electron chi connectivity index (χ3n) is 8.22. The minimum atomic E-state index is -0.355. The van der Waals surface area contributed by atoms with Crippen LogP contribution in [0.25, 0.3) is 11.7 Å². The van der Waals surface area contributed by atoms with Crippen molar-refractivity contribution in [3.05, 3.63) is 23.4 Å². The number of fused-ring (bicyclic) bond motifs is 1. The largest absolute Gasteiger partial charge is 0.367 e. The van der Waals surface area contributed by atoms with Crippen LogP contribution >= 0.6 is 0 Å². The normalized spacial score (nSPS) is 25.6. The number of piperidine rings is 1. The molecular formula is C28H37N7O3. The molecule has 4 aliphatic rings. The minimum absolute atomic E-state index is 0.0745. The summed E-state index contributed by atoms with van der Waals surface area (Å²) in [5.41, 5.74) is 1.79. The van der Waals surface area contributed by atoms with Gasteiger partial charge in [-0.2, -0.15) is 9.61 Å². The summed E-state index contributed by atoms with van der Waals surface area (Å²) in [5, 5.41) is 14.0. The van der Waals surface area contributed by atoms with Gasteiger partial charge in [0.25, 0.3) is 5.91 Å². The molecule has 0 atom stereocenters. The first-order chi connectivity index (χ1) is 18.5. The number of anilines is 2. The van der Waals surface area contributed by atoms with Gasteiger partial charge in [0.15, 0.2) is 5.65 Å². The molecule has 10 heteroatoms. The summed E-state index contributed by atoms with van der Waals surface area (Å²) >= 11 is 0. The molecule has 0 aromatic carbocycles. The number of likely N-dealkylation sites (tertiary alicyclic amines) is 1. The van der Waals surface area contributed by atoms with Gasteiger partial charge in [-0.15, -0.1) is 0 Å². The van der Waals surface area contributed by atoms with Gasteiger partial charge in [-0.05, 0) is 76.5 Å². The van der Waals surface area contributed by atoms with Gasteiger partial charge in [-0.3, -0.25) is 24.6 Å². The molecule has 4 heterocycles. The lowest BCUT2D eigenvalue weighted by atomic mass is 9.83. The van der Waals surface area contributed by atoms with Crippen LogP contribution < -0.4 is 16.0 Å². The highest BCUT2D eigenvalue weighted by Gasteiger charge is 2.27. The number of hydrogen-bond donors (Lipinski definition) is 3. The molecule has 10 nitrogen and oxygen atoms in total. The fraction of sp³-hybridized carbons (Fsp3) is 0.607. The van der Waals surface area contributed by atoms with Crippen molar-refractivity contribution in [2.45, 2.75) is 82.7 Å². The topological polar surface area (TPSA) is 121 Å². The zero-order valence-corrected chi connectivity index (χ0v) is 21.9. The molecule has 0 radical (unpaired) electrons. The monoisotopic (exact) mass is 519 g/mol. The van der Waals surface area contributed by atoms with Gasteiger partial charge in [0.1, 0.15) is 17.4 Å². The molecule has 0 spiro atoms. The van der Waals surface area contributed by atoms with Crippen molar-refractivity contribution < 1.29 is 14.4 Å². The standard InChI is InChI=1S/C28H37N7O3/c36-23(17-34-10-2-1-3-11-34)12-18-4-6-21(7-5-18)30-24-15-25(31-22-8-9-22)35-27(32-24)20(16-29-35)13-19-14-26(37)33-28(19)38/h13,15-16,18,21-22,31H,1-12,14,17H2,(H,30,32)(H,33,37,38)/b19-13+. The van der Waals surface area contributed by atoms with Gasteiger partial charge < -0.3 is 10.6 Å². The maximum atomic E-state index is 12.6. The second-order valence-corrected chi connectivity index (χ2v) is 11.4. The highest BCUT2D eigenvalue weighted by molar-refractivity contribution is 6.15. The van der Waals surface area contributed by atoms with Crippen molar-refractivity contribution in [1.29, 1.82) is 0 Å². The Balaban J connectivity index is 1.11. The number of nitrogens with one attached hydrogen (secondary N) is 3. The fourth-order valence-electron chi connectivity index (χ4n) is 5.98. The van der Waals surface area contributed by atoms with E-state index in [-0.39, 0.29) is 18.2 Å². The third-order valence-corrected chi connectivity index (χ3v) is 8.22. The highest BCUT2D eigenvalue weighted by atomic mass is 16.2. The highest BCUT2D eigenvalue weighted by Crippen LogP contribution is 2.31. The van der Waals surface area contributed by atoms with E-state index < -0.39 is 0 Å². The first kappa shape index (κ1) is 25.0. The molecule has 0 bridgehead atoms. The van der Waals surface area contributed by atoms with E-state index in [1.54, 1.807) is 16.8 Å². The molecule has 4 fully saturated rings. The Hall–Kier alpha value is -3.27. The molecule has 202 valence electrons. The van der Waals surface area contributed by atoms with Crippen LogP contribution in [0, 0.1) is 5.92 Å². The van der Waals surface area contributed by atoms with E-state index in [0.717, 1.165) is 63.3 Å². The molecule has 0 unspecified atom stereocenters. The number of carbonyl (C=O) groups excluding carboxylic acids is 3. The van der Waals surface area contributed by atoms with Gasteiger partial charge in [-0.1, -0.05) is 6.42 Å². The number of hydrogen-bond acceptors (Lipinski definition) is 8. The lowest BCUT2D eigenvalue weighted by Gasteiger charge is -2.30. The van der Waals surface area contributed by atoms with Crippen LogP contribution in [0.15, 0.2) is 17.8 Å². The quantitative estimate of drug-likeness (QED) is 0.341. The van der Waals surface area contributed by atoms with Crippen LogP contribution in [-0.4, -0.2) is 68.8 Å². The summed E-state index contributed by atoms with van der Waals surface area (Å²) in [7, 11) is 0. The molecular weight excluding hydrogens is 482 g/mol. The van der Waals surface area contributed by atoms with E-state index in [9.17, 15) is 14.4 Å². The smallest absolute Gasteiger partial charge is 0.254 e. The van der Waals surface area contributed by atoms with E-state index in [4.69, 9.17) is 4.98 Å². The molecule has 3 N–H and O–H groups in total. The summed E-state index contributed by atoms with van der Waals surface area (Å²) in [5.74, 6) is 1.87. The first-order valence-corrected chi connectivity index (χ1v) is 14.2. The molecule has 2 aliphatic heterocycles. The number of ketones is 1. The Morgan fingerprint density at radius 2 is 1.76 bits per heavy atom. The van der Waals surface area contributed by atoms with Crippen LogP contribution in [0.1, 0.15) is 76.2 Å². The number of aromatic nitrogens is 3. The summed E-state index contributed by atoms with van der Waals surface area (Å²) < 4.78 is 1.77. The zero-order chi connectivity index (χ0) is 26.1. The molecule has 2 saturated carbocycles. The molecule has 6 rings (SSSR count). The number of Topliss-reactive ketones (excluding diaryl/α,β-unsaturated/α-hetero) is 1. The maximum absolute atomic E-state index is 12.6. The summed E-state index contributed by atoms with van der Waals surface area (Å²) in [4.78, 5) is 43.6. The second-order valence-electron chi connectivity index (χ2n) is 11.4. The molecule has 2 aromatic rings. The Kier molecular flexibility index (Phi) is 7.14. The van der Waals surface area contributed by atoms with E-state index in [1.807, 2.05) is 6.07 Å². The average molecular weight is 520 g/mol.